The Hall–Kier alpha value is -2.73. The number of para-hydroxylation sites is 1. The number of piperazine rings is 1. The van der Waals surface area contributed by atoms with Crippen molar-refractivity contribution in [3.63, 3.8) is 0 Å². The fraction of sp³-hybridized carbons (Fsp3) is 0.350. The average molecular weight is 355 g/mol. The Balaban J connectivity index is 1.24. The van der Waals surface area contributed by atoms with Crippen molar-refractivity contribution < 1.29 is 23.9 Å². The maximum absolute atomic E-state index is 12.3. The van der Waals surface area contributed by atoms with E-state index in [4.69, 9.17) is 14.2 Å². The molecule has 2 aliphatic heterocycles. The van der Waals surface area contributed by atoms with Crippen molar-refractivity contribution in [2.75, 3.05) is 39.6 Å². The summed E-state index contributed by atoms with van der Waals surface area (Å²) in [5.41, 5.74) is 1.23. The van der Waals surface area contributed by atoms with Gasteiger partial charge in [0, 0.05) is 5.56 Å². The third-order valence-electron chi connectivity index (χ3n) is 4.82. The smallest absolute Gasteiger partial charge is 0.260 e. The summed E-state index contributed by atoms with van der Waals surface area (Å²) in [4.78, 5) is 15.7. The van der Waals surface area contributed by atoms with Crippen LogP contribution in [0.2, 0.25) is 0 Å². The minimum absolute atomic E-state index is 0.0518. The molecule has 0 unspecified atom stereocenters. The molecule has 2 aromatic carbocycles. The van der Waals surface area contributed by atoms with Gasteiger partial charge >= 0.3 is 0 Å². The molecule has 1 fully saturated rings. The maximum Gasteiger partial charge on any atom is 0.260 e. The second-order valence-corrected chi connectivity index (χ2v) is 6.60. The van der Waals surface area contributed by atoms with Crippen LogP contribution in [-0.2, 0) is 11.3 Å². The van der Waals surface area contributed by atoms with E-state index in [1.54, 1.807) is 0 Å². The molecule has 0 radical (unpaired) electrons. The molecular weight excluding hydrogens is 332 g/mol. The van der Waals surface area contributed by atoms with Gasteiger partial charge in [0.15, 0.2) is 18.1 Å². The van der Waals surface area contributed by atoms with Crippen molar-refractivity contribution in [3.05, 3.63) is 54.1 Å². The largest absolute Gasteiger partial charge is 0.484 e. The first kappa shape index (κ1) is 16.7. The van der Waals surface area contributed by atoms with Crippen LogP contribution in [0, 0.1) is 0 Å². The van der Waals surface area contributed by atoms with Gasteiger partial charge in [-0.05, 0) is 30.3 Å². The number of carbonyl (C=O) groups is 1. The van der Waals surface area contributed by atoms with Crippen LogP contribution in [-0.4, -0.2) is 50.4 Å². The van der Waals surface area contributed by atoms with Crippen LogP contribution in [0.25, 0.3) is 0 Å². The van der Waals surface area contributed by atoms with Gasteiger partial charge in [-0.15, -0.1) is 0 Å². The first-order valence-corrected chi connectivity index (χ1v) is 8.96. The van der Waals surface area contributed by atoms with Crippen LogP contribution in [0.15, 0.2) is 48.5 Å². The zero-order valence-electron chi connectivity index (χ0n) is 14.6. The summed E-state index contributed by atoms with van der Waals surface area (Å²) in [6, 6.07) is 15.6. The fourth-order valence-corrected chi connectivity index (χ4v) is 3.34. The standard InChI is InChI=1S/C20H22N2O4/c23-20(14-24-17-4-2-1-3-5-17)22-10-8-21(9-11-22)13-16-6-7-18-19(12-16)26-15-25-18/h1-7,12H,8-11,13-15H2/p+1. The van der Waals surface area contributed by atoms with Crippen LogP contribution in [0.3, 0.4) is 0 Å². The van der Waals surface area contributed by atoms with Gasteiger partial charge < -0.3 is 24.0 Å². The molecule has 136 valence electrons. The first-order valence-electron chi connectivity index (χ1n) is 8.96. The zero-order valence-corrected chi connectivity index (χ0v) is 14.6. The average Bonchev–Trinajstić information content (AvgIpc) is 3.15. The van der Waals surface area contributed by atoms with Crippen LogP contribution in [0.1, 0.15) is 5.56 Å². The van der Waals surface area contributed by atoms with Gasteiger partial charge in [0.05, 0.1) is 26.2 Å². The van der Waals surface area contributed by atoms with E-state index in [2.05, 4.69) is 12.1 Å². The number of hydrogen-bond acceptors (Lipinski definition) is 4. The second-order valence-electron chi connectivity index (χ2n) is 6.60. The van der Waals surface area contributed by atoms with Crippen molar-refractivity contribution in [1.82, 2.24) is 4.90 Å². The van der Waals surface area contributed by atoms with Crippen molar-refractivity contribution in [2.24, 2.45) is 0 Å². The van der Waals surface area contributed by atoms with Crippen LogP contribution < -0.4 is 19.1 Å². The summed E-state index contributed by atoms with van der Waals surface area (Å²) < 4.78 is 16.4. The van der Waals surface area contributed by atoms with Gasteiger partial charge in [-0.2, -0.15) is 0 Å². The molecule has 6 heteroatoms. The Morgan fingerprint density at radius 3 is 2.62 bits per heavy atom. The van der Waals surface area contributed by atoms with Gasteiger partial charge in [-0.3, -0.25) is 4.79 Å². The van der Waals surface area contributed by atoms with E-state index in [1.807, 2.05) is 41.3 Å². The van der Waals surface area contributed by atoms with E-state index in [0.717, 1.165) is 50.0 Å². The van der Waals surface area contributed by atoms with E-state index in [-0.39, 0.29) is 12.5 Å². The molecule has 0 bridgehead atoms. The molecule has 2 aliphatic rings. The third-order valence-corrected chi connectivity index (χ3v) is 4.82. The Morgan fingerprint density at radius 2 is 1.81 bits per heavy atom. The summed E-state index contributed by atoms with van der Waals surface area (Å²) in [6.07, 6.45) is 0. The lowest BCUT2D eigenvalue weighted by Gasteiger charge is -2.32. The summed E-state index contributed by atoms with van der Waals surface area (Å²) in [6.45, 7) is 4.73. The van der Waals surface area contributed by atoms with E-state index >= 15 is 0 Å². The highest BCUT2D eigenvalue weighted by molar-refractivity contribution is 5.77. The molecule has 26 heavy (non-hydrogen) atoms. The molecule has 0 aromatic heterocycles. The number of amides is 1. The van der Waals surface area contributed by atoms with E-state index in [1.165, 1.54) is 10.5 Å². The molecule has 1 saturated heterocycles. The van der Waals surface area contributed by atoms with Gasteiger partial charge in [-0.1, -0.05) is 18.2 Å². The molecule has 0 atom stereocenters. The highest BCUT2D eigenvalue weighted by atomic mass is 16.7. The van der Waals surface area contributed by atoms with Gasteiger partial charge in [0.2, 0.25) is 6.79 Å². The fourth-order valence-electron chi connectivity index (χ4n) is 3.34. The summed E-state index contributed by atoms with van der Waals surface area (Å²) in [7, 11) is 0. The number of fused-ring (bicyclic) bond motifs is 1. The number of quaternary nitrogens is 1. The SMILES string of the molecule is O=C(COc1ccccc1)N1CC[NH+](Cc2ccc3c(c2)OCO3)CC1. The van der Waals surface area contributed by atoms with Crippen LogP contribution in [0.5, 0.6) is 17.2 Å². The predicted octanol–water partition coefficient (Wildman–Crippen LogP) is 0.721. The molecule has 1 N–H and O–H groups in total. The third kappa shape index (κ3) is 3.91. The Morgan fingerprint density at radius 1 is 1.04 bits per heavy atom. The first-order chi connectivity index (χ1) is 12.8. The Labute approximate surface area is 152 Å². The summed E-state index contributed by atoms with van der Waals surface area (Å²) in [5.74, 6) is 2.43. The van der Waals surface area contributed by atoms with E-state index in [0.29, 0.717) is 6.79 Å². The number of benzene rings is 2. The normalized spacial score (nSPS) is 16.5. The van der Waals surface area contributed by atoms with Crippen molar-refractivity contribution in [3.8, 4) is 17.2 Å². The lowest BCUT2D eigenvalue weighted by atomic mass is 10.1. The molecule has 4 rings (SSSR count). The highest BCUT2D eigenvalue weighted by Gasteiger charge is 2.24. The van der Waals surface area contributed by atoms with Crippen molar-refractivity contribution >= 4 is 5.91 Å². The predicted molar refractivity (Wildman–Crippen MR) is 95.5 cm³/mol. The molecule has 0 saturated carbocycles. The summed E-state index contributed by atoms with van der Waals surface area (Å²) >= 11 is 0. The minimum atomic E-state index is 0.0518. The van der Waals surface area contributed by atoms with Gasteiger partial charge in [-0.25, -0.2) is 0 Å². The minimum Gasteiger partial charge on any atom is -0.484 e. The monoisotopic (exact) mass is 355 g/mol. The molecule has 1 amide bonds. The van der Waals surface area contributed by atoms with E-state index in [9.17, 15) is 4.79 Å². The molecule has 0 spiro atoms. The maximum atomic E-state index is 12.3. The molecule has 2 aromatic rings. The molecule has 0 aliphatic carbocycles. The Bertz CT molecular complexity index is 758. The number of nitrogens with zero attached hydrogens (tertiary/aromatic N) is 1. The molecule has 2 heterocycles. The van der Waals surface area contributed by atoms with Crippen LogP contribution >= 0.6 is 0 Å². The summed E-state index contributed by atoms with van der Waals surface area (Å²) in [5, 5.41) is 0. The number of ether oxygens (including phenoxy) is 3. The molecular formula is C20H23N2O4+. The number of nitrogens with one attached hydrogen (secondary N) is 1. The molecule has 6 nitrogen and oxygen atoms in total. The van der Waals surface area contributed by atoms with Gasteiger partial charge in [0.1, 0.15) is 12.3 Å². The number of carbonyl (C=O) groups excluding carboxylic acids is 1. The number of rotatable bonds is 5. The van der Waals surface area contributed by atoms with E-state index < -0.39 is 0 Å². The Kier molecular flexibility index (Phi) is 4.93. The van der Waals surface area contributed by atoms with Crippen molar-refractivity contribution in [2.45, 2.75) is 6.54 Å². The zero-order chi connectivity index (χ0) is 17.8. The lowest BCUT2D eigenvalue weighted by molar-refractivity contribution is -0.917. The van der Waals surface area contributed by atoms with Crippen LogP contribution in [0.4, 0.5) is 0 Å². The second kappa shape index (κ2) is 7.66. The highest BCUT2D eigenvalue weighted by Crippen LogP contribution is 2.32. The van der Waals surface area contributed by atoms with Crippen molar-refractivity contribution in [1.29, 1.82) is 0 Å². The topological polar surface area (TPSA) is 52.4 Å². The lowest BCUT2D eigenvalue weighted by Crippen LogP contribution is -3.13. The quantitative estimate of drug-likeness (QED) is 0.859. The number of hydrogen-bond donors (Lipinski definition) is 1. The van der Waals surface area contributed by atoms with Gasteiger partial charge in [0.25, 0.3) is 5.91 Å².